The molecule has 0 bridgehead atoms. The molecule has 0 aliphatic heterocycles. The van der Waals surface area contributed by atoms with Gasteiger partial charge < -0.3 is 0 Å². The van der Waals surface area contributed by atoms with Gasteiger partial charge in [0.2, 0.25) is 0 Å². The van der Waals surface area contributed by atoms with Crippen LogP contribution in [0, 0.1) is 5.82 Å². The zero-order valence-corrected chi connectivity index (χ0v) is 12.2. The summed E-state index contributed by atoms with van der Waals surface area (Å²) < 4.78 is 14.9. The van der Waals surface area contributed by atoms with E-state index in [1.54, 1.807) is 12.1 Å². The summed E-state index contributed by atoms with van der Waals surface area (Å²) in [4.78, 5) is 0. The molecule has 3 rings (SSSR count). The van der Waals surface area contributed by atoms with Gasteiger partial charge in [-0.1, -0.05) is 46.3 Å². The van der Waals surface area contributed by atoms with Gasteiger partial charge in [-0.25, -0.2) is 9.07 Å². The molecule has 0 radical (unpaired) electrons. The molecule has 0 saturated carbocycles. The number of aromatic nitrogens is 2. The van der Waals surface area contributed by atoms with Crippen molar-refractivity contribution in [2.75, 3.05) is 0 Å². The Morgan fingerprint density at radius 3 is 2.35 bits per heavy atom. The maximum absolute atomic E-state index is 13.1. The maximum Gasteiger partial charge on any atom is 0.123 e. The Labute approximate surface area is 125 Å². The smallest absolute Gasteiger partial charge is 0.123 e. The molecule has 100 valence electrons. The lowest BCUT2D eigenvalue weighted by molar-refractivity contribution is 0.627. The molecule has 3 aromatic rings. The van der Waals surface area contributed by atoms with Gasteiger partial charge in [-0.15, -0.1) is 0 Å². The number of rotatable bonds is 3. The van der Waals surface area contributed by atoms with Gasteiger partial charge in [0.15, 0.2) is 0 Å². The van der Waals surface area contributed by atoms with E-state index >= 15 is 0 Å². The fourth-order valence-electron chi connectivity index (χ4n) is 2.09. The third-order valence-electron chi connectivity index (χ3n) is 3.04. The van der Waals surface area contributed by atoms with Crippen LogP contribution in [0.15, 0.2) is 60.7 Å². The molecule has 20 heavy (non-hydrogen) atoms. The monoisotopic (exact) mass is 330 g/mol. The van der Waals surface area contributed by atoms with Crippen LogP contribution in [0.1, 0.15) is 5.69 Å². The van der Waals surface area contributed by atoms with Crippen LogP contribution in [0.25, 0.3) is 16.9 Å². The first-order valence-electron chi connectivity index (χ1n) is 6.24. The summed E-state index contributed by atoms with van der Waals surface area (Å²) in [5, 5.41) is 5.23. The largest absolute Gasteiger partial charge is 0.233 e. The number of benzene rings is 2. The van der Waals surface area contributed by atoms with Gasteiger partial charge >= 0.3 is 0 Å². The van der Waals surface area contributed by atoms with Crippen molar-refractivity contribution in [2.45, 2.75) is 5.33 Å². The van der Waals surface area contributed by atoms with Crippen molar-refractivity contribution < 1.29 is 4.39 Å². The van der Waals surface area contributed by atoms with E-state index in [0.29, 0.717) is 5.33 Å². The van der Waals surface area contributed by atoms with Crippen LogP contribution in [0.3, 0.4) is 0 Å². The van der Waals surface area contributed by atoms with Crippen molar-refractivity contribution in [1.29, 1.82) is 0 Å². The molecule has 0 unspecified atom stereocenters. The van der Waals surface area contributed by atoms with Crippen LogP contribution in [-0.2, 0) is 5.33 Å². The molecule has 0 aliphatic carbocycles. The molecule has 0 saturated heterocycles. The van der Waals surface area contributed by atoms with E-state index in [-0.39, 0.29) is 5.82 Å². The SMILES string of the molecule is Fc1ccc(-n2nc(CBr)cc2-c2ccccc2)cc1. The highest BCUT2D eigenvalue weighted by Gasteiger charge is 2.10. The van der Waals surface area contributed by atoms with Crippen LogP contribution in [-0.4, -0.2) is 9.78 Å². The zero-order valence-electron chi connectivity index (χ0n) is 10.6. The highest BCUT2D eigenvalue weighted by atomic mass is 79.9. The molecule has 0 N–H and O–H groups in total. The Morgan fingerprint density at radius 2 is 1.70 bits per heavy atom. The van der Waals surface area contributed by atoms with Gasteiger partial charge in [-0.2, -0.15) is 5.10 Å². The van der Waals surface area contributed by atoms with Crippen molar-refractivity contribution in [3.63, 3.8) is 0 Å². The van der Waals surface area contributed by atoms with E-state index in [1.165, 1.54) is 12.1 Å². The van der Waals surface area contributed by atoms with Crippen molar-refractivity contribution in [2.24, 2.45) is 0 Å². The highest BCUT2D eigenvalue weighted by Crippen LogP contribution is 2.24. The summed E-state index contributed by atoms with van der Waals surface area (Å²) in [5.41, 5.74) is 3.86. The summed E-state index contributed by atoms with van der Waals surface area (Å²) in [7, 11) is 0. The van der Waals surface area contributed by atoms with E-state index in [0.717, 1.165) is 22.6 Å². The minimum Gasteiger partial charge on any atom is -0.233 e. The summed E-state index contributed by atoms with van der Waals surface area (Å²) >= 11 is 3.43. The number of nitrogens with zero attached hydrogens (tertiary/aromatic N) is 2. The normalized spacial score (nSPS) is 10.7. The van der Waals surface area contributed by atoms with Gasteiger partial charge in [0.05, 0.1) is 17.1 Å². The third-order valence-corrected chi connectivity index (χ3v) is 3.61. The van der Waals surface area contributed by atoms with Crippen LogP contribution < -0.4 is 0 Å². The van der Waals surface area contributed by atoms with Gasteiger partial charge in [0.25, 0.3) is 0 Å². The van der Waals surface area contributed by atoms with E-state index in [2.05, 4.69) is 21.0 Å². The minimum atomic E-state index is -0.247. The lowest BCUT2D eigenvalue weighted by Gasteiger charge is -2.07. The summed E-state index contributed by atoms with van der Waals surface area (Å²) in [5.74, 6) is -0.247. The average Bonchev–Trinajstić information content (AvgIpc) is 2.93. The minimum absolute atomic E-state index is 0.247. The summed E-state index contributed by atoms with van der Waals surface area (Å²) in [6.45, 7) is 0. The number of alkyl halides is 1. The molecule has 0 fully saturated rings. The molecule has 2 nitrogen and oxygen atoms in total. The molecule has 0 atom stereocenters. The fraction of sp³-hybridized carbons (Fsp3) is 0.0625. The van der Waals surface area contributed by atoms with Gasteiger partial charge in [-0.05, 0) is 30.3 Å². The Morgan fingerprint density at radius 1 is 1.00 bits per heavy atom. The quantitative estimate of drug-likeness (QED) is 0.643. The number of hydrogen-bond donors (Lipinski definition) is 0. The third kappa shape index (κ3) is 2.51. The Bertz CT molecular complexity index is 705. The molecule has 0 amide bonds. The van der Waals surface area contributed by atoms with Crippen molar-refractivity contribution in [3.8, 4) is 16.9 Å². The molecule has 1 aromatic heterocycles. The van der Waals surface area contributed by atoms with Crippen LogP contribution in [0.2, 0.25) is 0 Å². The predicted molar refractivity (Wildman–Crippen MR) is 81.6 cm³/mol. The Balaban J connectivity index is 2.15. The number of hydrogen-bond acceptors (Lipinski definition) is 1. The van der Waals surface area contributed by atoms with Crippen molar-refractivity contribution >= 4 is 15.9 Å². The first kappa shape index (κ1) is 13.1. The lowest BCUT2D eigenvalue weighted by Crippen LogP contribution is -1.99. The molecule has 2 aromatic carbocycles. The Hall–Kier alpha value is -1.94. The highest BCUT2D eigenvalue weighted by molar-refractivity contribution is 9.08. The van der Waals surface area contributed by atoms with Crippen LogP contribution in [0.4, 0.5) is 4.39 Å². The van der Waals surface area contributed by atoms with Gasteiger partial charge in [0, 0.05) is 10.9 Å². The first-order valence-corrected chi connectivity index (χ1v) is 7.36. The van der Waals surface area contributed by atoms with Crippen molar-refractivity contribution in [1.82, 2.24) is 9.78 Å². The number of halogens is 2. The molecule has 1 heterocycles. The van der Waals surface area contributed by atoms with Gasteiger partial charge in [-0.3, -0.25) is 0 Å². The molecule has 4 heteroatoms. The van der Waals surface area contributed by atoms with E-state index in [1.807, 2.05) is 41.1 Å². The molecular formula is C16H12BrFN2. The first-order chi connectivity index (χ1) is 9.78. The van der Waals surface area contributed by atoms with Crippen LogP contribution in [0.5, 0.6) is 0 Å². The van der Waals surface area contributed by atoms with E-state index in [9.17, 15) is 4.39 Å². The topological polar surface area (TPSA) is 17.8 Å². The van der Waals surface area contributed by atoms with E-state index < -0.39 is 0 Å². The summed E-state index contributed by atoms with van der Waals surface area (Å²) in [6.07, 6.45) is 0. The molecular weight excluding hydrogens is 319 g/mol. The van der Waals surface area contributed by atoms with Crippen molar-refractivity contribution in [3.05, 3.63) is 72.2 Å². The second-order valence-corrected chi connectivity index (χ2v) is 4.97. The van der Waals surface area contributed by atoms with Gasteiger partial charge in [0.1, 0.15) is 5.82 Å². The maximum atomic E-state index is 13.1. The molecule has 0 spiro atoms. The summed E-state index contributed by atoms with van der Waals surface area (Å²) in [6, 6.07) is 18.4. The fourth-order valence-corrected chi connectivity index (χ4v) is 2.36. The average molecular weight is 331 g/mol. The predicted octanol–water partition coefficient (Wildman–Crippen LogP) is 4.57. The Kier molecular flexibility index (Phi) is 3.65. The molecule has 0 aliphatic rings. The zero-order chi connectivity index (χ0) is 13.9. The second-order valence-electron chi connectivity index (χ2n) is 4.41. The van der Waals surface area contributed by atoms with E-state index in [4.69, 9.17) is 0 Å². The second kappa shape index (κ2) is 5.59. The lowest BCUT2D eigenvalue weighted by atomic mass is 10.1. The standard InChI is InChI=1S/C16H12BrFN2/c17-11-14-10-16(12-4-2-1-3-5-12)20(19-14)15-8-6-13(18)7-9-15/h1-10H,11H2. The van der Waals surface area contributed by atoms with Crippen LogP contribution >= 0.6 is 15.9 Å².